The summed E-state index contributed by atoms with van der Waals surface area (Å²) in [6, 6.07) is 40.0. The number of methoxy groups -OCH3 is 2. The standard InChI is InChI=1S/2C25H32N2O3.2C2H2O4.H2O/c2*1-3-23(28)27(22-14-8-5-9-15-22)25(24(29)30-2)16-19-26(20-17-25)18-10-13-21-11-6-4-7-12-21;2*3-1(4)2(5)6;/h2*4-9,11-12,14-15H,3,10,13,16-20H2,1-2H3;2*(H,3,4)(H,5,6);1H2. The minimum Gasteiger partial charge on any atom is -0.473 e. The van der Waals surface area contributed by atoms with Crippen LogP contribution in [0.15, 0.2) is 121 Å². The Morgan fingerprint density at radius 2 is 0.726 bits per heavy atom. The number of hydrogen-bond acceptors (Lipinski definition) is 12. The Kier molecular flexibility index (Phi) is 26.8. The van der Waals surface area contributed by atoms with Gasteiger partial charge in [0.25, 0.3) is 0 Å². The summed E-state index contributed by atoms with van der Waals surface area (Å²) < 4.78 is 10.4. The number of rotatable bonds is 16. The van der Waals surface area contributed by atoms with Crippen LogP contribution in [-0.4, -0.2) is 148 Å². The van der Waals surface area contributed by atoms with Crippen molar-refractivity contribution in [3.05, 3.63) is 132 Å². The first-order chi connectivity index (χ1) is 34.5. The number of nitrogens with zero attached hydrogens (tertiary/aromatic N) is 4. The molecule has 4 aromatic rings. The second kappa shape index (κ2) is 31.8. The number of likely N-dealkylation sites (tertiary alicyclic amines) is 2. The molecule has 0 unspecified atom stereocenters. The van der Waals surface area contributed by atoms with Crippen molar-refractivity contribution < 1.29 is 73.7 Å². The number of amides is 2. The molecule has 2 heterocycles. The van der Waals surface area contributed by atoms with E-state index in [1.54, 1.807) is 9.80 Å². The van der Waals surface area contributed by atoms with Crippen LogP contribution < -0.4 is 9.80 Å². The highest BCUT2D eigenvalue weighted by molar-refractivity contribution is 6.27. The summed E-state index contributed by atoms with van der Waals surface area (Å²) in [5, 5.41) is 29.6. The minimum absolute atomic E-state index is 0. The second-order valence-electron chi connectivity index (χ2n) is 17.0. The topological polar surface area (TPSA) is 280 Å². The van der Waals surface area contributed by atoms with E-state index in [2.05, 4.69) is 58.3 Å². The Morgan fingerprint density at radius 3 is 0.959 bits per heavy atom. The summed E-state index contributed by atoms with van der Waals surface area (Å²) in [6.45, 7) is 8.71. The molecule has 0 aliphatic carbocycles. The molecule has 6 N–H and O–H groups in total. The third-order valence-corrected chi connectivity index (χ3v) is 12.4. The molecule has 0 radical (unpaired) electrons. The van der Waals surface area contributed by atoms with E-state index in [-0.39, 0.29) is 29.2 Å². The molecule has 19 heteroatoms. The second-order valence-corrected chi connectivity index (χ2v) is 17.0. The first-order valence-corrected chi connectivity index (χ1v) is 23.9. The number of carboxylic acids is 4. The quantitative estimate of drug-likeness (QED) is 0.0782. The molecular formula is C54H70N4O15. The molecule has 2 amide bonds. The molecule has 2 aliphatic rings. The number of carboxylic acid groups (broad SMARTS) is 4. The lowest BCUT2D eigenvalue weighted by Gasteiger charge is -2.46. The highest BCUT2D eigenvalue weighted by Gasteiger charge is 2.51. The molecule has 73 heavy (non-hydrogen) atoms. The molecule has 0 aromatic heterocycles. The van der Waals surface area contributed by atoms with Crippen LogP contribution in [0.4, 0.5) is 11.4 Å². The fourth-order valence-electron chi connectivity index (χ4n) is 8.74. The summed E-state index contributed by atoms with van der Waals surface area (Å²) in [4.78, 5) is 96.5. The van der Waals surface area contributed by atoms with Gasteiger partial charge in [-0.25, -0.2) is 28.8 Å². The van der Waals surface area contributed by atoms with E-state index in [4.69, 9.17) is 49.1 Å². The van der Waals surface area contributed by atoms with Gasteiger partial charge in [-0.1, -0.05) is 111 Å². The fraction of sp³-hybridized carbons (Fsp3) is 0.407. The van der Waals surface area contributed by atoms with E-state index < -0.39 is 35.0 Å². The summed E-state index contributed by atoms with van der Waals surface area (Å²) in [5.74, 6) is -8.04. The maximum absolute atomic E-state index is 13.0. The number of esters is 2. The van der Waals surface area contributed by atoms with Gasteiger partial charge in [-0.2, -0.15) is 0 Å². The van der Waals surface area contributed by atoms with Crippen molar-refractivity contribution in [2.45, 2.75) is 89.1 Å². The van der Waals surface area contributed by atoms with Crippen molar-refractivity contribution in [1.29, 1.82) is 0 Å². The van der Waals surface area contributed by atoms with Gasteiger partial charge < -0.3 is 45.2 Å². The zero-order valence-corrected chi connectivity index (χ0v) is 42.0. The number of aryl methyl sites for hydroxylation is 2. The Hall–Kier alpha value is -7.48. The molecule has 0 spiro atoms. The van der Waals surface area contributed by atoms with Crippen molar-refractivity contribution in [2.24, 2.45) is 0 Å². The van der Waals surface area contributed by atoms with E-state index in [1.165, 1.54) is 25.3 Å². The average molecular weight is 1020 g/mol. The van der Waals surface area contributed by atoms with Gasteiger partial charge in [-0.3, -0.25) is 19.4 Å². The van der Waals surface area contributed by atoms with Gasteiger partial charge in [-0.15, -0.1) is 0 Å². The average Bonchev–Trinajstić information content (AvgIpc) is 3.40. The highest BCUT2D eigenvalue weighted by Crippen LogP contribution is 2.37. The predicted octanol–water partition coefficient (Wildman–Crippen LogP) is 5.63. The van der Waals surface area contributed by atoms with Crippen LogP contribution in [0, 0.1) is 0 Å². The SMILES string of the molecule is CCC(=O)N(c1ccccc1)C1(C(=O)OC)CCN(CCCc2ccccc2)CC1.CCC(=O)N(c1ccccc1)C1(C(=O)OC)CCN(CCCc2ccccc2)CC1.O.O=C(O)C(=O)O.O=C(O)C(=O)O. The zero-order valence-electron chi connectivity index (χ0n) is 42.0. The van der Waals surface area contributed by atoms with Crippen LogP contribution in [0.1, 0.15) is 76.3 Å². The number of carbonyl (C=O) groups excluding carboxylic acids is 4. The Morgan fingerprint density at radius 1 is 0.466 bits per heavy atom. The maximum Gasteiger partial charge on any atom is 0.414 e. The zero-order chi connectivity index (χ0) is 53.1. The third kappa shape index (κ3) is 18.6. The first kappa shape index (κ1) is 61.6. The lowest BCUT2D eigenvalue weighted by atomic mass is 9.84. The monoisotopic (exact) mass is 1010 g/mol. The van der Waals surface area contributed by atoms with E-state index in [0.717, 1.165) is 76.3 Å². The molecular weight excluding hydrogens is 945 g/mol. The number of para-hydroxylation sites is 2. The Bertz CT molecular complexity index is 2150. The van der Waals surface area contributed by atoms with Crippen LogP contribution in [-0.2, 0) is 60.7 Å². The summed E-state index contributed by atoms with van der Waals surface area (Å²) in [5.41, 5.74) is 2.32. The van der Waals surface area contributed by atoms with E-state index >= 15 is 0 Å². The number of hydrogen-bond donors (Lipinski definition) is 4. The molecule has 6 rings (SSSR count). The Balaban J connectivity index is 0.000000404. The van der Waals surface area contributed by atoms with E-state index in [9.17, 15) is 19.2 Å². The van der Waals surface area contributed by atoms with Gasteiger partial charge in [0.15, 0.2) is 0 Å². The predicted molar refractivity (Wildman–Crippen MR) is 273 cm³/mol. The minimum atomic E-state index is -1.82. The van der Waals surface area contributed by atoms with Crippen LogP contribution >= 0.6 is 0 Å². The van der Waals surface area contributed by atoms with E-state index in [0.29, 0.717) is 38.5 Å². The van der Waals surface area contributed by atoms with Gasteiger partial charge in [0.1, 0.15) is 11.1 Å². The molecule has 2 aliphatic heterocycles. The van der Waals surface area contributed by atoms with Gasteiger partial charge in [0, 0.05) is 50.4 Å². The largest absolute Gasteiger partial charge is 0.473 e. The van der Waals surface area contributed by atoms with Crippen molar-refractivity contribution in [3.8, 4) is 0 Å². The van der Waals surface area contributed by atoms with Gasteiger partial charge in [0.2, 0.25) is 11.8 Å². The van der Waals surface area contributed by atoms with Crippen molar-refractivity contribution in [3.63, 3.8) is 0 Å². The first-order valence-electron chi connectivity index (χ1n) is 23.9. The Labute approximate surface area is 426 Å². The summed E-state index contributed by atoms with van der Waals surface area (Å²) in [6.07, 6.45) is 7.22. The summed E-state index contributed by atoms with van der Waals surface area (Å²) >= 11 is 0. The van der Waals surface area contributed by atoms with Gasteiger partial charge in [-0.05, 0) is 99.8 Å². The highest BCUT2D eigenvalue weighted by atomic mass is 16.5. The number of piperidine rings is 2. The lowest BCUT2D eigenvalue weighted by Crippen LogP contribution is -2.62. The number of ether oxygens (including phenoxy) is 2. The third-order valence-electron chi connectivity index (χ3n) is 12.4. The van der Waals surface area contributed by atoms with Crippen molar-refractivity contribution >= 4 is 59.0 Å². The fourth-order valence-corrected chi connectivity index (χ4v) is 8.74. The molecule has 4 aromatic carbocycles. The molecule has 0 bridgehead atoms. The van der Waals surface area contributed by atoms with Gasteiger partial charge >= 0.3 is 35.8 Å². The van der Waals surface area contributed by atoms with Crippen molar-refractivity contribution in [1.82, 2.24) is 9.80 Å². The summed E-state index contributed by atoms with van der Waals surface area (Å²) in [7, 11) is 2.83. The normalized spacial score (nSPS) is 14.4. The molecule has 0 saturated carbocycles. The number of aliphatic carboxylic acids is 4. The molecule has 19 nitrogen and oxygen atoms in total. The molecule has 2 saturated heterocycles. The lowest BCUT2D eigenvalue weighted by molar-refractivity contribution is -0.159. The van der Waals surface area contributed by atoms with E-state index in [1.807, 2.05) is 86.6 Å². The van der Waals surface area contributed by atoms with Crippen molar-refractivity contribution in [2.75, 3.05) is 63.3 Å². The molecule has 2 fully saturated rings. The smallest absolute Gasteiger partial charge is 0.414 e. The number of carbonyl (C=O) groups is 8. The van der Waals surface area contributed by atoms with Crippen LogP contribution in [0.5, 0.6) is 0 Å². The molecule has 396 valence electrons. The number of benzene rings is 4. The van der Waals surface area contributed by atoms with Gasteiger partial charge in [0.05, 0.1) is 14.2 Å². The van der Waals surface area contributed by atoms with Crippen LogP contribution in [0.3, 0.4) is 0 Å². The molecule has 0 atom stereocenters. The maximum atomic E-state index is 13.0. The number of anilines is 2. The van der Waals surface area contributed by atoms with Crippen LogP contribution in [0.2, 0.25) is 0 Å². The van der Waals surface area contributed by atoms with Crippen LogP contribution in [0.25, 0.3) is 0 Å².